The summed E-state index contributed by atoms with van der Waals surface area (Å²) in [6.45, 7) is 2.54. The van der Waals surface area contributed by atoms with Crippen LogP contribution in [0, 0.1) is 5.92 Å². The molecule has 1 atom stereocenters. The number of rotatable bonds is 6. The summed E-state index contributed by atoms with van der Waals surface area (Å²) in [5.74, 6) is 0.136. The minimum absolute atomic E-state index is 0.0593. The fourth-order valence-electron chi connectivity index (χ4n) is 2.13. The molecule has 1 aromatic carbocycles. The minimum atomic E-state index is -0.0593. The van der Waals surface area contributed by atoms with E-state index >= 15 is 0 Å². The molecule has 21 heavy (non-hydrogen) atoms. The van der Waals surface area contributed by atoms with E-state index in [9.17, 15) is 4.79 Å². The van der Waals surface area contributed by atoms with E-state index in [1.165, 1.54) is 0 Å². The molecule has 0 bridgehead atoms. The summed E-state index contributed by atoms with van der Waals surface area (Å²) in [7, 11) is 0. The number of carbonyl (C=O) groups excluding carboxylic acids is 1. The van der Waals surface area contributed by atoms with Crippen LogP contribution in [0.2, 0.25) is 5.02 Å². The lowest BCUT2D eigenvalue weighted by Crippen LogP contribution is -2.22. The maximum Gasteiger partial charge on any atom is 0.224 e. The molecule has 0 fully saturated rings. The van der Waals surface area contributed by atoms with Crippen LogP contribution in [0.25, 0.3) is 5.69 Å². The van der Waals surface area contributed by atoms with Gasteiger partial charge in [0.25, 0.3) is 0 Å². The van der Waals surface area contributed by atoms with E-state index in [-0.39, 0.29) is 11.8 Å². The highest BCUT2D eigenvalue weighted by atomic mass is 35.5. The van der Waals surface area contributed by atoms with Crippen molar-refractivity contribution in [1.29, 1.82) is 0 Å². The molecule has 112 valence electrons. The van der Waals surface area contributed by atoms with Crippen molar-refractivity contribution < 1.29 is 4.79 Å². The van der Waals surface area contributed by atoms with Gasteiger partial charge in [0.05, 0.1) is 22.7 Å². The molecule has 0 spiro atoms. The average Bonchev–Trinajstić information content (AvgIpc) is 2.98. The molecule has 6 heteroatoms. The van der Waals surface area contributed by atoms with Gasteiger partial charge in [0.2, 0.25) is 5.91 Å². The number of hydrogen-bond acceptors (Lipinski definition) is 3. The number of para-hydroxylation sites is 1. The lowest BCUT2D eigenvalue weighted by Gasteiger charge is -2.15. The molecular weight excluding hydrogens is 288 g/mol. The summed E-state index contributed by atoms with van der Waals surface area (Å²) in [5.41, 5.74) is 7.02. The molecule has 1 aromatic heterocycles. The van der Waals surface area contributed by atoms with E-state index < -0.39 is 0 Å². The maximum atomic E-state index is 12.1. The van der Waals surface area contributed by atoms with Gasteiger partial charge >= 0.3 is 0 Å². The van der Waals surface area contributed by atoms with Gasteiger partial charge in [-0.1, -0.05) is 31.0 Å². The van der Waals surface area contributed by atoms with Crippen LogP contribution in [-0.2, 0) is 4.79 Å². The number of nitrogens with two attached hydrogens (primary N) is 1. The second-order valence-corrected chi connectivity index (χ2v) is 5.28. The molecule has 2 rings (SSSR count). The number of aromatic nitrogens is 2. The zero-order valence-corrected chi connectivity index (χ0v) is 12.7. The Morgan fingerprint density at radius 2 is 2.33 bits per heavy atom. The Kier molecular flexibility index (Phi) is 5.36. The molecule has 0 aliphatic heterocycles. The summed E-state index contributed by atoms with van der Waals surface area (Å²) in [4.78, 5) is 16.1. The molecular formula is C15H19ClN4O. The monoisotopic (exact) mass is 306 g/mol. The van der Waals surface area contributed by atoms with E-state index in [4.69, 9.17) is 17.3 Å². The number of nitrogens with one attached hydrogen (secondary N) is 1. The second-order valence-electron chi connectivity index (χ2n) is 4.87. The maximum absolute atomic E-state index is 12.1. The summed E-state index contributed by atoms with van der Waals surface area (Å²) in [5, 5.41) is 3.46. The number of carbonyl (C=O) groups is 1. The smallest absolute Gasteiger partial charge is 0.224 e. The Bertz CT molecular complexity index is 594. The predicted octanol–water partition coefficient (Wildman–Crippen LogP) is 2.84. The molecule has 0 radical (unpaired) electrons. The molecule has 1 heterocycles. The Morgan fingerprint density at radius 3 is 2.95 bits per heavy atom. The number of amides is 1. The van der Waals surface area contributed by atoms with Gasteiger partial charge in [0.15, 0.2) is 0 Å². The van der Waals surface area contributed by atoms with E-state index in [0.29, 0.717) is 29.4 Å². The first kappa shape index (κ1) is 15.5. The van der Waals surface area contributed by atoms with Crippen LogP contribution in [0.1, 0.15) is 19.8 Å². The zero-order chi connectivity index (χ0) is 15.2. The van der Waals surface area contributed by atoms with Crippen LogP contribution in [0.5, 0.6) is 0 Å². The first-order valence-electron chi connectivity index (χ1n) is 6.92. The number of imidazole rings is 1. The van der Waals surface area contributed by atoms with Gasteiger partial charge in [-0.3, -0.25) is 4.79 Å². The van der Waals surface area contributed by atoms with E-state index in [1.807, 2.05) is 13.0 Å². The van der Waals surface area contributed by atoms with Gasteiger partial charge < -0.3 is 15.6 Å². The highest BCUT2D eigenvalue weighted by molar-refractivity contribution is 6.33. The van der Waals surface area contributed by atoms with Crippen LogP contribution in [0.3, 0.4) is 0 Å². The largest absolute Gasteiger partial charge is 0.330 e. The van der Waals surface area contributed by atoms with Crippen molar-refractivity contribution in [2.24, 2.45) is 11.7 Å². The highest BCUT2D eigenvalue weighted by Gasteiger charge is 2.14. The summed E-state index contributed by atoms with van der Waals surface area (Å²) < 4.78 is 1.78. The van der Waals surface area contributed by atoms with Crippen LogP contribution >= 0.6 is 11.6 Å². The van der Waals surface area contributed by atoms with Crippen LogP contribution < -0.4 is 11.1 Å². The fourth-order valence-corrected chi connectivity index (χ4v) is 2.40. The number of hydrogen-bond donors (Lipinski definition) is 2. The molecule has 1 unspecified atom stereocenters. The topological polar surface area (TPSA) is 72.9 Å². The number of anilines is 1. The molecule has 2 aromatic rings. The van der Waals surface area contributed by atoms with Crippen molar-refractivity contribution in [3.63, 3.8) is 0 Å². The van der Waals surface area contributed by atoms with Gasteiger partial charge in [-0.15, -0.1) is 0 Å². The van der Waals surface area contributed by atoms with Gasteiger partial charge in [0, 0.05) is 18.8 Å². The molecule has 0 saturated carbocycles. The lowest BCUT2D eigenvalue weighted by atomic mass is 10.0. The van der Waals surface area contributed by atoms with Gasteiger partial charge in [0.1, 0.15) is 0 Å². The first-order chi connectivity index (χ1) is 10.2. The third kappa shape index (κ3) is 3.83. The third-order valence-electron chi connectivity index (χ3n) is 3.41. The summed E-state index contributed by atoms with van der Waals surface area (Å²) in [6, 6.07) is 5.41. The molecule has 0 saturated heterocycles. The average molecular weight is 307 g/mol. The van der Waals surface area contributed by atoms with Gasteiger partial charge in [-0.2, -0.15) is 0 Å². The lowest BCUT2D eigenvalue weighted by molar-refractivity contribution is -0.117. The van der Waals surface area contributed by atoms with Crippen molar-refractivity contribution in [1.82, 2.24) is 9.55 Å². The predicted molar refractivity (Wildman–Crippen MR) is 84.7 cm³/mol. The van der Waals surface area contributed by atoms with Crippen LogP contribution in [0.15, 0.2) is 36.9 Å². The van der Waals surface area contributed by atoms with E-state index in [0.717, 1.165) is 6.42 Å². The SMILES string of the molecule is CCC(CN)CC(=O)Nc1cccc(Cl)c1-n1ccnc1. The standard InChI is InChI=1S/C15H19ClN4O/c1-2-11(9-17)8-14(21)19-13-5-3-4-12(16)15(13)20-7-6-18-10-20/h3-7,10-11H,2,8-9,17H2,1H3,(H,19,21). The van der Waals surface area contributed by atoms with Crippen molar-refractivity contribution in [2.75, 3.05) is 11.9 Å². The third-order valence-corrected chi connectivity index (χ3v) is 3.71. The van der Waals surface area contributed by atoms with Crippen molar-refractivity contribution in [3.8, 4) is 5.69 Å². The quantitative estimate of drug-likeness (QED) is 0.862. The molecule has 5 nitrogen and oxygen atoms in total. The Balaban J connectivity index is 2.21. The number of nitrogens with zero attached hydrogens (tertiary/aromatic N) is 2. The zero-order valence-electron chi connectivity index (χ0n) is 11.9. The minimum Gasteiger partial charge on any atom is -0.330 e. The highest BCUT2D eigenvalue weighted by Crippen LogP contribution is 2.28. The summed E-state index contributed by atoms with van der Waals surface area (Å²) in [6.07, 6.45) is 6.38. The van der Waals surface area contributed by atoms with E-state index in [2.05, 4.69) is 10.3 Å². The summed E-state index contributed by atoms with van der Waals surface area (Å²) >= 11 is 6.24. The second kappa shape index (κ2) is 7.24. The normalized spacial score (nSPS) is 12.1. The van der Waals surface area contributed by atoms with Crippen LogP contribution in [-0.4, -0.2) is 22.0 Å². The Labute approximate surface area is 129 Å². The number of halogens is 1. The first-order valence-corrected chi connectivity index (χ1v) is 7.30. The van der Waals surface area contributed by atoms with Crippen molar-refractivity contribution in [3.05, 3.63) is 41.9 Å². The molecule has 0 aliphatic rings. The molecule has 3 N–H and O–H groups in total. The van der Waals surface area contributed by atoms with Crippen LogP contribution in [0.4, 0.5) is 5.69 Å². The van der Waals surface area contributed by atoms with Gasteiger partial charge in [-0.05, 0) is 24.6 Å². The Morgan fingerprint density at radius 1 is 1.52 bits per heavy atom. The van der Waals surface area contributed by atoms with Gasteiger partial charge in [-0.25, -0.2) is 4.98 Å². The fraction of sp³-hybridized carbons (Fsp3) is 0.333. The number of benzene rings is 1. The van der Waals surface area contributed by atoms with E-state index in [1.54, 1.807) is 35.4 Å². The van der Waals surface area contributed by atoms with Crippen molar-refractivity contribution in [2.45, 2.75) is 19.8 Å². The molecule has 0 aliphatic carbocycles. The Hall–Kier alpha value is -1.85. The van der Waals surface area contributed by atoms with Crippen molar-refractivity contribution >= 4 is 23.2 Å². The molecule has 1 amide bonds.